The van der Waals surface area contributed by atoms with Crippen LogP contribution in [-0.2, 0) is 62.3 Å². The number of hydrogen-bond acceptors (Lipinski definition) is 12. The summed E-state index contributed by atoms with van der Waals surface area (Å²) in [5.74, 6) is -3.84. The van der Waals surface area contributed by atoms with Crippen molar-refractivity contribution in [1.29, 1.82) is 0 Å². The predicted molar refractivity (Wildman–Crippen MR) is 272 cm³/mol. The Labute approximate surface area is 429 Å². The smallest absolute Gasteiger partial charge is 0.347 e. The average molecular weight is 1040 g/mol. The molecule has 22 nitrogen and oxygen atoms in total. The number of likely N-dealkylation sites (N-methyl/N-ethyl adjacent to an activating group) is 1. The lowest BCUT2D eigenvalue weighted by Crippen LogP contribution is -2.56. The summed E-state index contributed by atoms with van der Waals surface area (Å²) in [6.07, 6.45) is 5.20. The lowest BCUT2D eigenvalue weighted by molar-refractivity contribution is -0.146. The van der Waals surface area contributed by atoms with Gasteiger partial charge in [-0.15, -0.1) is 5.10 Å². The van der Waals surface area contributed by atoms with E-state index >= 15 is 0 Å². The largest absolute Gasteiger partial charge is 0.379 e. The van der Waals surface area contributed by atoms with Crippen LogP contribution in [0.3, 0.4) is 0 Å². The van der Waals surface area contributed by atoms with Gasteiger partial charge in [0.2, 0.25) is 23.6 Å². The number of carbonyl (C=O) groups is 6. The van der Waals surface area contributed by atoms with Gasteiger partial charge in [-0.25, -0.2) is 4.99 Å². The maximum atomic E-state index is 14.8. The van der Waals surface area contributed by atoms with E-state index in [0.717, 1.165) is 4.90 Å². The topological polar surface area (TPSA) is 253 Å². The molecule has 404 valence electrons. The average Bonchev–Trinajstić information content (AvgIpc) is 4.11. The first-order valence-corrected chi connectivity index (χ1v) is 27.0. The third kappa shape index (κ3) is 15.3. The summed E-state index contributed by atoms with van der Waals surface area (Å²) in [4.78, 5) is 116. The Hall–Kier alpha value is -5.54. The first-order chi connectivity index (χ1) is 34.6. The summed E-state index contributed by atoms with van der Waals surface area (Å²) in [5, 5.41) is 10.7. The fourth-order valence-electron chi connectivity index (χ4n) is 9.97. The molecule has 2 aromatic rings. The van der Waals surface area contributed by atoms with E-state index in [0.29, 0.717) is 88.6 Å². The molecule has 3 N–H and O–H groups in total. The van der Waals surface area contributed by atoms with Gasteiger partial charge in [0.25, 0.3) is 11.8 Å². The number of benzene rings is 1. The number of aliphatic imine (C=N–C) groups is 1. The highest BCUT2D eigenvalue weighted by molar-refractivity contribution is 7.52. The minimum absolute atomic E-state index is 0.00594. The number of piperazine rings is 1. The highest BCUT2D eigenvalue weighted by atomic mass is 31.2. The van der Waals surface area contributed by atoms with Gasteiger partial charge in [0.15, 0.2) is 5.96 Å². The molecular weight excluding hydrogens is 962 g/mol. The molecule has 0 radical (unpaired) electrons. The quantitative estimate of drug-likeness (QED) is 0.0591. The molecule has 3 aliphatic heterocycles. The van der Waals surface area contributed by atoms with E-state index in [-0.39, 0.29) is 48.9 Å². The van der Waals surface area contributed by atoms with E-state index in [1.807, 2.05) is 51.6 Å². The van der Waals surface area contributed by atoms with Crippen molar-refractivity contribution in [3.05, 3.63) is 59.9 Å². The Morgan fingerprint density at radius 1 is 0.918 bits per heavy atom. The zero-order valence-electron chi connectivity index (χ0n) is 44.2. The molecule has 1 aromatic carbocycles. The second kappa shape index (κ2) is 26.6. The van der Waals surface area contributed by atoms with Gasteiger partial charge >= 0.3 is 7.60 Å². The number of likely N-dealkylation sites (tertiary alicyclic amines) is 1. The molecule has 23 heteroatoms. The van der Waals surface area contributed by atoms with Gasteiger partial charge in [0.1, 0.15) is 17.5 Å². The number of rotatable bonds is 24. The lowest BCUT2D eigenvalue weighted by Gasteiger charge is -2.41. The predicted octanol–water partition coefficient (Wildman–Crippen LogP) is 2.35. The maximum Gasteiger partial charge on any atom is 0.347 e. The second-order valence-electron chi connectivity index (χ2n) is 19.9. The number of hydrogen-bond donors (Lipinski definition) is 3. The van der Waals surface area contributed by atoms with Crippen molar-refractivity contribution in [1.82, 2.24) is 49.7 Å². The number of nitrogens with one attached hydrogen (secondary N) is 1. The molecule has 0 bridgehead atoms. The monoisotopic (exact) mass is 1040 g/mol. The summed E-state index contributed by atoms with van der Waals surface area (Å²) in [5.41, 5.74) is 1.13. The normalized spacial score (nSPS) is 19.5. The third-order valence-electron chi connectivity index (χ3n) is 14.3. The Bertz CT molecular complexity index is 2300. The molecule has 6 amide bonds. The summed E-state index contributed by atoms with van der Waals surface area (Å²) in [7, 11) is 3.74. The van der Waals surface area contributed by atoms with Crippen LogP contribution in [0.5, 0.6) is 0 Å². The summed E-state index contributed by atoms with van der Waals surface area (Å²) >= 11 is 0. The molecule has 4 heterocycles. The van der Waals surface area contributed by atoms with Crippen molar-refractivity contribution in [2.45, 2.75) is 129 Å². The maximum absolute atomic E-state index is 14.8. The SMILES string of the molecule is CC[C@H](C)[C@@H]([C@@H](CC(=O)N1CCC[C@H]1[C@H](OC)[C@@H](C)C(=O)N[C@@H](Cc1ccccc1)P(=O)(O)O)OC)N(C)C(=O)[C@@H](/N=C(\N(C)C)N1CCN(C(=O)CCCn2cc(CN3C(=O)C=CC3=O)nn2)CC1)C(C)C. The lowest BCUT2D eigenvalue weighted by atomic mass is 9.89. The Balaban J connectivity index is 1.21. The molecule has 1 aromatic heterocycles. The summed E-state index contributed by atoms with van der Waals surface area (Å²) in [6, 6.07) is 6.96. The van der Waals surface area contributed by atoms with E-state index in [4.69, 9.17) is 14.5 Å². The van der Waals surface area contributed by atoms with Crippen LogP contribution in [0.25, 0.3) is 0 Å². The van der Waals surface area contributed by atoms with Gasteiger partial charge in [-0.1, -0.05) is 76.6 Å². The van der Waals surface area contributed by atoms with Gasteiger partial charge in [-0.3, -0.25) is 42.9 Å². The van der Waals surface area contributed by atoms with Crippen molar-refractivity contribution in [3.8, 4) is 0 Å². The molecule has 0 spiro atoms. The molecule has 0 unspecified atom stereocenters. The number of imide groups is 1. The van der Waals surface area contributed by atoms with Gasteiger partial charge in [0.05, 0.1) is 49.4 Å². The Kier molecular flexibility index (Phi) is 21.3. The van der Waals surface area contributed by atoms with Gasteiger partial charge in [0, 0.05) is 99.6 Å². The molecule has 2 saturated heterocycles. The van der Waals surface area contributed by atoms with E-state index in [1.54, 1.807) is 65.0 Å². The minimum Gasteiger partial charge on any atom is -0.379 e. The zero-order chi connectivity index (χ0) is 53.7. The molecule has 5 rings (SSSR count). The van der Waals surface area contributed by atoms with Crippen LogP contribution in [0.2, 0.25) is 0 Å². The number of amides is 6. The van der Waals surface area contributed by atoms with Crippen LogP contribution in [0.4, 0.5) is 0 Å². The van der Waals surface area contributed by atoms with Crippen LogP contribution in [0, 0.1) is 17.8 Å². The molecule has 73 heavy (non-hydrogen) atoms. The Morgan fingerprint density at radius 2 is 1.56 bits per heavy atom. The fraction of sp³-hybridized carbons (Fsp3) is 0.660. The van der Waals surface area contributed by atoms with Crippen LogP contribution >= 0.6 is 7.60 Å². The van der Waals surface area contributed by atoms with Crippen molar-refractivity contribution in [3.63, 3.8) is 0 Å². The van der Waals surface area contributed by atoms with Gasteiger partial charge in [-0.2, -0.15) is 0 Å². The van der Waals surface area contributed by atoms with E-state index in [9.17, 15) is 43.1 Å². The number of aryl methyl sites for hydroxylation is 1. The fourth-order valence-corrected chi connectivity index (χ4v) is 10.7. The highest BCUT2D eigenvalue weighted by Crippen LogP contribution is 2.41. The first kappa shape index (κ1) is 58.4. The Morgan fingerprint density at radius 3 is 2.14 bits per heavy atom. The van der Waals surface area contributed by atoms with Crippen LogP contribution in [0.15, 0.2) is 53.7 Å². The van der Waals surface area contributed by atoms with Gasteiger partial charge < -0.3 is 49.1 Å². The standard InChI is InChI=1S/C50H78N11O11P/c1-11-34(4)46(39(71-9)30-44(65)60-24-15-19-38(60)47(72-10)35(5)48(66)51-40(73(68,69)70)29-36-17-13-12-14-18-36)56(8)49(67)45(33(2)3)52-50(55(6)7)58-27-25-57(26-28-58)41(62)20-16-23-59-31-37(53-54-59)32-61-42(63)21-22-43(61)64/h12-14,17-18,21-22,31,33-35,38-40,45-47H,11,15-16,19-20,23-30,32H2,1-10H3,(H,51,66)(H2,68,69,70)/b52-50+/t34-,35+,38-,39+,40+,45-,46-,47+/m0/s1. The number of ether oxygens (including phenoxy) is 2. The first-order valence-electron chi connectivity index (χ1n) is 25.3. The number of carbonyl (C=O) groups excluding carboxylic acids is 6. The van der Waals surface area contributed by atoms with Gasteiger partial charge in [-0.05, 0) is 36.7 Å². The number of aromatic nitrogens is 3. The minimum atomic E-state index is -4.75. The highest BCUT2D eigenvalue weighted by Gasteiger charge is 2.44. The summed E-state index contributed by atoms with van der Waals surface area (Å²) in [6.45, 7) is 12.4. The van der Waals surface area contributed by atoms with E-state index in [2.05, 4.69) is 20.5 Å². The molecular formula is C50H78N11O11P. The number of nitrogens with zero attached hydrogens (tertiary/aromatic N) is 10. The molecule has 0 saturated carbocycles. The van der Waals surface area contributed by atoms with Crippen LogP contribution < -0.4 is 5.32 Å². The molecule has 3 aliphatic rings. The van der Waals surface area contributed by atoms with E-state index < -0.39 is 67.4 Å². The van der Waals surface area contributed by atoms with Crippen molar-refractivity contribution in [2.24, 2.45) is 22.7 Å². The number of methoxy groups -OCH3 is 2. The summed E-state index contributed by atoms with van der Waals surface area (Å²) < 4.78 is 26.1. The number of guanidine groups is 1. The van der Waals surface area contributed by atoms with Crippen molar-refractivity contribution >= 4 is 49.0 Å². The molecule has 0 aliphatic carbocycles. The third-order valence-corrected chi connectivity index (χ3v) is 15.4. The van der Waals surface area contributed by atoms with Crippen molar-refractivity contribution in [2.75, 3.05) is 68.1 Å². The molecule has 2 fully saturated rings. The zero-order valence-corrected chi connectivity index (χ0v) is 45.1. The molecule has 8 atom stereocenters. The second-order valence-corrected chi connectivity index (χ2v) is 21.7. The van der Waals surface area contributed by atoms with Crippen molar-refractivity contribution < 1.29 is 52.6 Å². The van der Waals surface area contributed by atoms with Crippen LogP contribution in [-0.4, -0.2) is 200 Å². The van der Waals surface area contributed by atoms with E-state index in [1.165, 1.54) is 26.4 Å². The van der Waals surface area contributed by atoms with Crippen LogP contribution in [0.1, 0.15) is 84.4 Å².